The van der Waals surface area contributed by atoms with Crippen molar-refractivity contribution in [3.05, 3.63) is 30.0 Å². The third kappa shape index (κ3) is 3.92. The molecule has 140 valence electrons. The molecular formula is C17H21ClN4O3S. The van der Waals surface area contributed by atoms with Crippen LogP contribution in [0.4, 0.5) is 5.82 Å². The molecule has 1 fully saturated rings. The van der Waals surface area contributed by atoms with Crippen LogP contribution < -0.4 is 14.4 Å². The second-order valence-corrected chi connectivity index (χ2v) is 6.81. The van der Waals surface area contributed by atoms with Gasteiger partial charge in [-0.25, -0.2) is 0 Å². The molecule has 1 aromatic carbocycles. The van der Waals surface area contributed by atoms with Crippen LogP contribution in [0.5, 0.6) is 11.5 Å². The number of aromatic nitrogens is 2. The van der Waals surface area contributed by atoms with E-state index in [2.05, 4.69) is 18.5 Å². The molecule has 3 heterocycles. The minimum Gasteiger partial charge on any atom is -0.486 e. The van der Waals surface area contributed by atoms with Crippen molar-refractivity contribution in [2.45, 2.75) is 13.0 Å². The van der Waals surface area contributed by atoms with Crippen LogP contribution in [-0.4, -0.2) is 64.9 Å². The maximum absolute atomic E-state index is 11.6. The second-order valence-electron chi connectivity index (χ2n) is 6.28. The first kappa shape index (κ1) is 18.9. The molecule has 26 heavy (non-hydrogen) atoms. The molecule has 1 saturated heterocycles. The third-order valence-corrected chi connectivity index (χ3v) is 5.02. The Hall–Kier alpha value is -1.90. The van der Waals surface area contributed by atoms with E-state index in [4.69, 9.17) is 9.47 Å². The Labute approximate surface area is 162 Å². The van der Waals surface area contributed by atoms with Gasteiger partial charge in [-0.05, 0) is 12.1 Å². The Morgan fingerprint density at radius 2 is 1.92 bits per heavy atom. The first-order chi connectivity index (χ1) is 12.2. The average molecular weight is 397 g/mol. The number of carbonyl (C=O) groups excluding carboxylic acids is 1. The van der Waals surface area contributed by atoms with E-state index >= 15 is 0 Å². The highest BCUT2D eigenvalue weighted by atomic mass is 35.5. The highest BCUT2D eigenvalue weighted by Crippen LogP contribution is 2.31. The lowest BCUT2D eigenvalue weighted by Gasteiger charge is -2.37. The number of halogens is 1. The first-order valence-corrected chi connectivity index (χ1v) is 9.13. The quantitative estimate of drug-likeness (QED) is 0.733. The smallest absolute Gasteiger partial charge is 0.183 e. The Bertz CT molecular complexity index is 764. The summed E-state index contributed by atoms with van der Waals surface area (Å²) in [6.07, 6.45) is 0.0372. The van der Waals surface area contributed by atoms with Gasteiger partial charge in [0.2, 0.25) is 0 Å². The van der Waals surface area contributed by atoms with E-state index in [1.54, 1.807) is 0 Å². The fourth-order valence-electron chi connectivity index (χ4n) is 3.20. The molecule has 7 nitrogen and oxygen atoms in total. The van der Waals surface area contributed by atoms with Crippen molar-refractivity contribution >= 4 is 35.7 Å². The van der Waals surface area contributed by atoms with E-state index < -0.39 is 0 Å². The number of piperazine rings is 1. The monoisotopic (exact) mass is 396 g/mol. The van der Waals surface area contributed by atoms with Crippen molar-refractivity contribution in [2.24, 2.45) is 0 Å². The number of ketones is 1. The summed E-state index contributed by atoms with van der Waals surface area (Å²) in [5, 5.41) is 0. The molecule has 0 spiro atoms. The predicted octanol–water partition coefficient (Wildman–Crippen LogP) is 2.12. The number of ether oxygens (including phenoxy) is 2. The number of fused-ring (bicyclic) bond motifs is 1. The summed E-state index contributed by atoms with van der Waals surface area (Å²) >= 11 is 1.10. The zero-order valence-electron chi connectivity index (χ0n) is 14.5. The van der Waals surface area contributed by atoms with E-state index in [0.29, 0.717) is 12.3 Å². The van der Waals surface area contributed by atoms with E-state index in [1.807, 2.05) is 24.3 Å². The van der Waals surface area contributed by atoms with Gasteiger partial charge in [0.05, 0.1) is 11.7 Å². The molecular weight excluding hydrogens is 376 g/mol. The van der Waals surface area contributed by atoms with Gasteiger partial charge in [-0.15, -0.1) is 12.4 Å². The maximum atomic E-state index is 11.6. The summed E-state index contributed by atoms with van der Waals surface area (Å²) in [5.74, 6) is 2.33. The normalized spacial score (nSPS) is 19.7. The van der Waals surface area contributed by atoms with E-state index in [1.165, 1.54) is 6.92 Å². The van der Waals surface area contributed by atoms with Crippen molar-refractivity contribution in [2.75, 3.05) is 44.2 Å². The van der Waals surface area contributed by atoms with Crippen LogP contribution in [0.1, 0.15) is 17.4 Å². The van der Waals surface area contributed by atoms with Crippen LogP contribution in [0.2, 0.25) is 0 Å². The lowest BCUT2D eigenvalue weighted by molar-refractivity contribution is 0.0571. The van der Waals surface area contributed by atoms with Crippen molar-refractivity contribution in [3.63, 3.8) is 0 Å². The number of benzene rings is 1. The lowest BCUT2D eigenvalue weighted by Crippen LogP contribution is -2.51. The van der Waals surface area contributed by atoms with Crippen molar-refractivity contribution in [3.8, 4) is 11.5 Å². The molecule has 4 rings (SSSR count). The summed E-state index contributed by atoms with van der Waals surface area (Å²) in [6, 6.07) is 7.78. The molecule has 0 N–H and O–H groups in total. The van der Waals surface area contributed by atoms with Crippen molar-refractivity contribution in [1.82, 2.24) is 13.6 Å². The van der Waals surface area contributed by atoms with Crippen LogP contribution >= 0.6 is 24.1 Å². The Morgan fingerprint density at radius 3 is 2.65 bits per heavy atom. The molecule has 0 bridgehead atoms. The van der Waals surface area contributed by atoms with Crippen LogP contribution in [0, 0.1) is 0 Å². The van der Waals surface area contributed by atoms with Crippen LogP contribution in [0.25, 0.3) is 0 Å². The summed E-state index contributed by atoms with van der Waals surface area (Å²) in [5.41, 5.74) is 0.485. The summed E-state index contributed by atoms with van der Waals surface area (Å²) in [6.45, 7) is 6.39. The highest BCUT2D eigenvalue weighted by Gasteiger charge is 2.27. The number of nitrogens with zero attached hydrogens (tertiary/aromatic N) is 4. The minimum atomic E-state index is -0.0300. The first-order valence-electron chi connectivity index (χ1n) is 8.40. The standard InChI is InChI=1S/C17H20N4O3S.ClH/c1-12(22)16-17(19-25-18-16)21-8-6-20(7-9-21)10-13-11-23-14-4-2-3-5-15(14)24-13;/h2-5,13H,6-11H2,1H3;1H/t13-;/m0./s1. The molecule has 9 heteroatoms. The van der Waals surface area contributed by atoms with Gasteiger partial charge in [0, 0.05) is 39.6 Å². The van der Waals surface area contributed by atoms with Gasteiger partial charge in [-0.2, -0.15) is 8.75 Å². The number of hydrogen-bond acceptors (Lipinski definition) is 8. The van der Waals surface area contributed by atoms with Gasteiger partial charge in [0.1, 0.15) is 12.7 Å². The zero-order valence-corrected chi connectivity index (χ0v) is 16.1. The molecule has 2 aliphatic heterocycles. The molecule has 1 atom stereocenters. The van der Waals surface area contributed by atoms with E-state index in [-0.39, 0.29) is 24.3 Å². The number of carbonyl (C=O) groups is 1. The molecule has 0 aliphatic carbocycles. The Kier molecular flexibility index (Phi) is 5.95. The zero-order chi connectivity index (χ0) is 17.2. The minimum absolute atomic E-state index is 0. The fourth-order valence-corrected chi connectivity index (χ4v) is 3.81. The van der Waals surface area contributed by atoms with Crippen LogP contribution in [0.3, 0.4) is 0 Å². The molecule has 1 aromatic heterocycles. The average Bonchev–Trinajstić information content (AvgIpc) is 3.12. The second kappa shape index (κ2) is 8.20. The Balaban J connectivity index is 0.00000196. The number of anilines is 1. The van der Waals surface area contributed by atoms with Gasteiger partial charge in [0.15, 0.2) is 28.8 Å². The molecule has 0 amide bonds. The van der Waals surface area contributed by atoms with E-state index in [9.17, 15) is 4.79 Å². The summed E-state index contributed by atoms with van der Waals surface area (Å²) in [4.78, 5) is 16.1. The van der Waals surface area contributed by atoms with Crippen LogP contribution in [0.15, 0.2) is 24.3 Å². The summed E-state index contributed by atoms with van der Waals surface area (Å²) in [7, 11) is 0. The largest absolute Gasteiger partial charge is 0.486 e. The fraction of sp³-hybridized carbons (Fsp3) is 0.471. The third-order valence-electron chi connectivity index (χ3n) is 4.51. The summed E-state index contributed by atoms with van der Waals surface area (Å²) < 4.78 is 20.2. The van der Waals surface area contributed by atoms with Gasteiger partial charge in [-0.3, -0.25) is 9.69 Å². The van der Waals surface area contributed by atoms with E-state index in [0.717, 1.165) is 61.8 Å². The number of hydrogen-bond donors (Lipinski definition) is 0. The van der Waals surface area contributed by atoms with Crippen LogP contribution in [-0.2, 0) is 0 Å². The van der Waals surface area contributed by atoms with Gasteiger partial charge < -0.3 is 14.4 Å². The van der Waals surface area contributed by atoms with Crippen molar-refractivity contribution in [1.29, 1.82) is 0 Å². The Morgan fingerprint density at radius 1 is 1.19 bits per heavy atom. The molecule has 0 unspecified atom stereocenters. The topological polar surface area (TPSA) is 67.8 Å². The van der Waals surface area contributed by atoms with Gasteiger partial charge >= 0.3 is 0 Å². The molecule has 2 aliphatic rings. The lowest BCUT2D eigenvalue weighted by atomic mass is 10.2. The molecule has 0 saturated carbocycles. The molecule has 2 aromatic rings. The number of para-hydroxylation sites is 2. The predicted molar refractivity (Wildman–Crippen MR) is 102 cm³/mol. The highest BCUT2D eigenvalue weighted by molar-refractivity contribution is 6.99. The number of rotatable bonds is 4. The van der Waals surface area contributed by atoms with Gasteiger partial charge in [0.25, 0.3) is 0 Å². The van der Waals surface area contributed by atoms with Crippen molar-refractivity contribution < 1.29 is 14.3 Å². The SMILES string of the molecule is CC(=O)c1nsnc1N1CCN(C[C@H]2COc3ccccc3O2)CC1.Cl. The van der Waals surface area contributed by atoms with Gasteiger partial charge in [-0.1, -0.05) is 12.1 Å². The maximum Gasteiger partial charge on any atom is 0.183 e. The molecule has 0 radical (unpaired) electrons. The number of Topliss-reactive ketones (excluding diaryl/α,β-unsaturated/α-hetero) is 1.